The van der Waals surface area contributed by atoms with Gasteiger partial charge >= 0.3 is 0 Å². The van der Waals surface area contributed by atoms with Crippen LogP contribution >= 0.6 is 0 Å². The minimum atomic E-state index is -0.231. The summed E-state index contributed by atoms with van der Waals surface area (Å²) in [4.78, 5) is 4.46. The van der Waals surface area contributed by atoms with Crippen molar-refractivity contribution in [3.8, 4) is 0 Å². The topological polar surface area (TPSA) is 64.9 Å². The number of hydrogen-bond acceptors (Lipinski definition) is 4. The first kappa shape index (κ1) is 12.4. The van der Waals surface area contributed by atoms with Gasteiger partial charge in [-0.25, -0.2) is 0 Å². The van der Waals surface area contributed by atoms with Gasteiger partial charge in [-0.2, -0.15) is 4.98 Å². The van der Waals surface area contributed by atoms with E-state index >= 15 is 0 Å². The Morgan fingerprint density at radius 3 is 2.68 bits per heavy atom. The van der Waals surface area contributed by atoms with Crippen LogP contribution < -0.4 is 5.73 Å². The Hall–Kier alpha value is -1.68. The molecule has 2 N–H and O–H groups in total. The van der Waals surface area contributed by atoms with Gasteiger partial charge in [0, 0.05) is 5.92 Å². The summed E-state index contributed by atoms with van der Waals surface area (Å²) in [5.74, 6) is 1.78. The summed E-state index contributed by atoms with van der Waals surface area (Å²) in [6, 6.07) is 9.89. The van der Waals surface area contributed by atoms with Crippen LogP contribution in [0.2, 0.25) is 0 Å². The third kappa shape index (κ3) is 2.54. The van der Waals surface area contributed by atoms with E-state index in [0.717, 1.165) is 18.7 Å². The van der Waals surface area contributed by atoms with Crippen LogP contribution in [0.15, 0.2) is 34.9 Å². The lowest BCUT2D eigenvalue weighted by Crippen LogP contribution is -2.13. The maximum Gasteiger partial charge on any atom is 0.243 e. The maximum absolute atomic E-state index is 6.13. The van der Waals surface area contributed by atoms with Crippen molar-refractivity contribution >= 4 is 0 Å². The molecule has 1 aromatic heterocycles. The van der Waals surface area contributed by atoms with Gasteiger partial charge in [-0.3, -0.25) is 0 Å². The second-order valence-electron chi connectivity index (χ2n) is 6.03. The zero-order valence-corrected chi connectivity index (χ0v) is 11.3. The third-order valence-electron chi connectivity index (χ3n) is 3.90. The Bertz CT molecular complexity index is 562. The zero-order chi connectivity index (χ0) is 13.5. The minimum Gasteiger partial charge on any atom is -0.338 e. The summed E-state index contributed by atoms with van der Waals surface area (Å²) < 4.78 is 5.31. The first-order valence-corrected chi connectivity index (χ1v) is 6.69. The molecule has 0 aliphatic heterocycles. The summed E-state index contributed by atoms with van der Waals surface area (Å²) in [5, 5.41) is 4.07. The molecule has 1 aromatic carbocycles. The molecule has 0 amide bonds. The van der Waals surface area contributed by atoms with Crippen LogP contribution in [-0.2, 0) is 6.42 Å². The van der Waals surface area contributed by atoms with E-state index in [0.29, 0.717) is 17.2 Å². The predicted molar refractivity (Wildman–Crippen MR) is 72.5 cm³/mol. The second-order valence-corrected chi connectivity index (χ2v) is 6.03. The molecule has 4 nitrogen and oxygen atoms in total. The highest BCUT2D eigenvalue weighted by Gasteiger charge is 2.49. The average molecular weight is 257 g/mol. The van der Waals surface area contributed by atoms with Gasteiger partial charge in [0.2, 0.25) is 5.89 Å². The summed E-state index contributed by atoms with van der Waals surface area (Å²) in [6.07, 6.45) is 1.84. The van der Waals surface area contributed by atoms with E-state index in [9.17, 15) is 0 Å². The first-order chi connectivity index (χ1) is 9.06. The number of nitrogens with zero attached hydrogens (tertiary/aromatic N) is 2. The lowest BCUT2D eigenvalue weighted by Gasteiger charge is -2.06. The molecule has 0 spiro atoms. The molecule has 1 aliphatic rings. The number of benzene rings is 1. The Kier molecular flexibility index (Phi) is 2.90. The van der Waals surface area contributed by atoms with E-state index in [1.165, 1.54) is 5.56 Å². The van der Waals surface area contributed by atoms with Gasteiger partial charge in [0.05, 0.1) is 6.04 Å². The van der Waals surface area contributed by atoms with Crippen molar-refractivity contribution in [1.29, 1.82) is 0 Å². The van der Waals surface area contributed by atoms with Gasteiger partial charge in [-0.15, -0.1) is 0 Å². The normalized spacial score (nSPS) is 22.2. The van der Waals surface area contributed by atoms with Gasteiger partial charge in [0.1, 0.15) is 0 Å². The van der Waals surface area contributed by atoms with E-state index < -0.39 is 0 Å². The molecule has 0 saturated heterocycles. The Morgan fingerprint density at radius 2 is 2.05 bits per heavy atom. The van der Waals surface area contributed by atoms with Gasteiger partial charge < -0.3 is 10.3 Å². The molecule has 19 heavy (non-hydrogen) atoms. The number of nitrogens with two attached hydrogens (primary N) is 1. The molecular formula is C15H19N3O. The predicted octanol–water partition coefficient (Wildman–Crippen LogP) is 2.83. The molecule has 1 aliphatic carbocycles. The molecule has 0 bridgehead atoms. The number of aromatic nitrogens is 2. The molecule has 3 rings (SSSR count). The smallest absolute Gasteiger partial charge is 0.243 e. The Balaban J connectivity index is 1.69. The van der Waals surface area contributed by atoms with E-state index in [1.54, 1.807) is 0 Å². The van der Waals surface area contributed by atoms with Crippen molar-refractivity contribution in [2.24, 2.45) is 11.1 Å². The highest BCUT2D eigenvalue weighted by atomic mass is 16.5. The fourth-order valence-electron chi connectivity index (χ4n) is 2.40. The van der Waals surface area contributed by atoms with Crippen LogP contribution in [0, 0.1) is 5.41 Å². The molecule has 4 heteroatoms. The summed E-state index contributed by atoms with van der Waals surface area (Å²) >= 11 is 0. The van der Waals surface area contributed by atoms with Crippen molar-refractivity contribution in [3.05, 3.63) is 47.6 Å². The molecule has 2 aromatic rings. The van der Waals surface area contributed by atoms with Crippen molar-refractivity contribution in [2.75, 3.05) is 0 Å². The lowest BCUT2D eigenvalue weighted by molar-refractivity contribution is 0.349. The minimum absolute atomic E-state index is 0.231. The molecular weight excluding hydrogens is 238 g/mol. The van der Waals surface area contributed by atoms with Crippen molar-refractivity contribution in [2.45, 2.75) is 38.6 Å². The van der Waals surface area contributed by atoms with Gasteiger partial charge in [-0.1, -0.05) is 49.3 Å². The first-order valence-electron chi connectivity index (χ1n) is 6.69. The number of rotatable bonds is 4. The molecule has 1 saturated carbocycles. The van der Waals surface area contributed by atoms with Crippen LogP contribution in [0.1, 0.15) is 49.5 Å². The fourth-order valence-corrected chi connectivity index (χ4v) is 2.40. The highest BCUT2D eigenvalue weighted by Crippen LogP contribution is 2.57. The van der Waals surface area contributed by atoms with Crippen LogP contribution in [0.5, 0.6) is 0 Å². The fraction of sp³-hybridized carbons (Fsp3) is 0.467. The van der Waals surface area contributed by atoms with Crippen LogP contribution in [0.4, 0.5) is 0 Å². The Labute approximate surface area is 113 Å². The van der Waals surface area contributed by atoms with Gasteiger partial charge in [0.25, 0.3) is 0 Å². The molecule has 1 heterocycles. The van der Waals surface area contributed by atoms with Gasteiger partial charge in [0.15, 0.2) is 5.82 Å². The quantitative estimate of drug-likeness (QED) is 0.914. The average Bonchev–Trinajstić information content (AvgIpc) is 2.83. The van der Waals surface area contributed by atoms with E-state index in [2.05, 4.69) is 36.1 Å². The summed E-state index contributed by atoms with van der Waals surface area (Å²) in [7, 11) is 0. The van der Waals surface area contributed by atoms with Crippen molar-refractivity contribution < 1.29 is 4.52 Å². The SMILES string of the molecule is CC1(C)CC1c1noc(C(N)Cc2ccccc2)n1. The highest BCUT2D eigenvalue weighted by molar-refractivity contribution is 5.18. The molecule has 1 fully saturated rings. The van der Waals surface area contributed by atoms with E-state index in [1.807, 2.05) is 18.2 Å². The van der Waals surface area contributed by atoms with Crippen LogP contribution in [0.3, 0.4) is 0 Å². The molecule has 2 unspecified atom stereocenters. The van der Waals surface area contributed by atoms with Crippen molar-refractivity contribution in [3.63, 3.8) is 0 Å². The summed E-state index contributed by atoms with van der Waals surface area (Å²) in [6.45, 7) is 4.44. The standard InChI is InChI=1S/C15H19N3O/c1-15(2)9-11(15)13-17-14(19-18-13)12(16)8-10-6-4-3-5-7-10/h3-7,11-12H,8-9,16H2,1-2H3. The Morgan fingerprint density at radius 1 is 1.37 bits per heavy atom. The van der Waals surface area contributed by atoms with Gasteiger partial charge in [-0.05, 0) is 23.8 Å². The molecule has 2 atom stereocenters. The van der Waals surface area contributed by atoms with E-state index in [-0.39, 0.29) is 6.04 Å². The number of hydrogen-bond donors (Lipinski definition) is 1. The molecule has 0 radical (unpaired) electrons. The van der Waals surface area contributed by atoms with Crippen LogP contribution in [-0.4, -0.2) is 10.1 Å². The second kappa shape index (κ2) is 4.46. The maximum atomic E-state index is 6.13. The molecule has 100 valence electrons. The summed E-state index contributed by atoms with van der Waals surface area (Å²) in [5.41, 5.74) is 7.62. The largest absolute Gasteiger partial charge is 0.338 e. The monoisotopic (exact) mass is 257 g/mol. The van der Waals surface area contributed by atoms with Crippen molar-refractivity contribution in [1.82, 2.24) is 10.1 Å². The zero-order valence-electron chi connectivity index (χ0n) is 11.3. The van der Waals surface area contributed by atoms with E-state index in [4.69, 9.17) is 10.3 Å². The van der Waals surface area contributed by atoms with Crippen LogP contribution in [0.25, 0.3) is 0 Å². The lowest BCUT2D eigenvalue weighted by atomic mass is 10.1. The third-order valence-corrected chi connectivity index (χ3v) is 3.90.